The zero-order chi connectivity index (χ0) is 15.8. The van der Waals surface area contributed by atoms with Crippen molar-refractivity contribution in [1.82, 2.24) is 0 Å². The molecule has 3 unspecified atom stereocenters. The Morgan fingerprint density at radius 1 is 1.30 bits per heavy atom. The molecule has 0 bridgehead atoms. The van der Waals surface area contributed by atoms with E-state index in [1.54, 1.807) is 6.92 Å². The van der Waals surface area contributed by atoms with Crippen LogP contribution in [0.1, 0.15) is 27.2 Å². The minimum atomic E-state index is -3.66. The molecule has 11 heteroatoms. The zero-order valence-corrected chi connectivity index (χ0v) is 14.4. The first-order valence-corrected chi connectivity index (χ1v) is 9.85. The van der Waals surface area contributed by atoms with Crippen LogP contribution in [0.4, 0.5) is 0 Å². The molecule has 0 aromatic carbocycles. The van der Waals surface area contributed by atoms with E-state index in [1.807, 2.05) is 13.8 Å². The highest BCUT2D eigenvalue weighted by molar-refractivity contribution is 8.02. The van der Waals surface area contributed by atoms with Crippen molar-refractivity contribution in [2.24, 2.45) is 15.8 Å². The Morgan fingerprint density at radius 2 is 1.90 bits per heavy atom. The summed E-state index contributed by atoms with van der Waals surface area (Å²) in [6, 6.07) is 0. The predicted octanol–water partition coefficient (Wildman–Crippen LogP) is 3.93. The fourth-order valence-corrected chi connectivity index (χ4v) is 2.85. The molecule has 0 aliphatic carbocycles. The van der Waals surface area contributed by atoms with Crippen molar-refractivity contribution in [3.05, 3.63) is 9.81 Å². The number of nitrogens with zero attached hydrogens (tertiary/aromatic N) is 2. The van der Waals surface area contributed by atoms with Crippen molar-refractivity contribution in [3.8, 4) is 0 Å². The van der Waals surface area contributed by atoms with Gasteiger partial charge in [-0.1, -0.05) is 18.8 Å². The highest BCUT2D eigenvalue weighted by atomic mass is 32.4. The summed E-state index contributed by atoms with van der Waals surface area (Å²) >= 11 is 4.75. The summed E-state index contributed by atoms with van der Waals surface area (Å²) in [6.07, 6.45) is -0.876. The molecule has 0 rings (SSSR count). The van der Waals surface area contributed by atoms with Gasteiger partial charge in [0.1, 0.15) is 12.5 Å². The molecule has 0 amide bonds. The van der Waals surface area contributed by atoms with E-state index in [2.05, 4.69) is 14.4 Å². The minimum absolute atomic E-state index is 0.273. The first-order chi connectivity index (χ1) is 9.27. The van der Waals surface area contributed by atoms with Gasteiger partial charge in [0.25, 0.3) is 0 Å². The van der Waals surface area contributed by atoms with Crippen LogP contribution in [-0.2, 0) is 30.2 Å². The van der Waals surface area contributed by atoms with Gasteiger partial charge in [-0.3, -0.25) is 4.57 Å². The molecule has 0 aliphatic heterocycles. The highest BCUT2D eigenvalue weighted by Gasteiger charge is 2.32. The van der Waals surface area contributed by atoms with Gasteiger partial charge in [0.15, 0.2) is 0 Å². The van der Waals surface area contributed by atoms with E-state index in [1.165, 1.54) is 0 Å². The van der Waals surface area contributed by atoms with Crippen molar-refractivity contribution in [1.29, 1.82) is 0 Å². The molecular weight excluding hydrogens is 326 g/mol. The van der Waals surface area contributed by atoms with Crippen LogP contribution in [0.25, 0.3) is 0 Å². The van der Waals surface area contributed by atoms with Crippen LogP contribution >= 0.6 is 14.6 Å². The SMILES string of the molecule is COP(=O)(COC(C)[C@H](CC(C)C)O[P+](=S)N=O)N=O. The molecule has 0 saturated carbocycles. The Hall–Kier alpha value is -0.170. The monoisotopic (exact) mass is 345 g/mol. The minimum Gasteiger partial charge on any atom is -0.363 e. The van der Waals surface area contributed by atoms with Gasteiger partial charge in [-0.25, -0.2) is 0 Å². The van der Waals surface area contributed by atoms with Gasteiger partial charge in [0, 0.05) is 12.1 Å². The first kappa shape index (κ1) is 19.8. The Labute approximate surface area is 123 Å². The van der Waals surface area contributed by atoms with Gasteiger partial charge in [0.2, 0.25) is 16.8 Å². The van der Waals surface area contributed by atoms with Gasteiger partial charge in [-0.05, 0) is 19.3 Å². The molecule has 0 aromatic rings. The van der Waals surface area contributed by atoms with Crippen LogP contribution in [0, 0.1) is 15.7 Å². The van der Waals surface area contributed by atoms with Gasteiger partial charge in [-0.2, -0.15) is 0 Å². The van der Waals surface area contributed by atoms with Crippen LogP contribution in [0.2, 0.25) is 0 Å². The third kappa shape index (κ3) is 7.57. The van der Waals surface area contributed by atoms with E-state index in [4.69, 9.17) is 21.1 Å². The summed E-state index contributed by atoms with van der Waals surface area (Å²) < 4.78 is 26.8. The Kier molecular flexibility index (Phi) is 9.63. The summed E-state index contributed by atoms with van der Waals surface area (Å²) in [5.41, 5.74) is 0. The maximum Gasteiger partial charge on any atom is 0.537 e. The van der Waals surface area contributed by atoms with Crippen molar-refractivity contribution >= 4 is 26.4 Å². The average molecular weight is 345 g/mol. The molecular formula is C9H19N2O6P2S+. The number of rotatable bonds is 11. The fraction of sp³-hybridized carbons (Fsp3) is 1.00. The quantitative estimate of drug-likeness (QED) is 0.413. The van der Waals surface area contributed by atoms with E-state index >= 15 is 0 Å². The maximum atomic E-state index is 11.6. The predicted molar refractivity (Wildman–Crippen MR) is 80.2 cm³/mol. The van der Waals surface area contributed by atoms with E-state index in [-0.39, 0.29) is 5.92 Å². The molecule has 0 heterocycles. The lowest BCUT2D eigenvalue weighted by molar-refractivity contribution is -0.000616. The van der Waals surface area contributed by atoms with Gasteiger partial charge < -0.3 is 9.26 Å². The van der Waals surface area contributed by atoms with E-state index in [0.717, 1.165) is 7.11 Å². The molecule has 0 spiro atoms. The lowest BCUT2D eigenvalue weighted by Gasteiger charge is -2.21. The Balaban J connectivity index is 4.65. The van der Waals surface area contributed by atoms with Gasteiger partial charge in [-0.15, -0.1) is 9.43 Å². The second-order valence-corrected chi connectivity index (χ2v) is 8.34. The van der Waals surface area contributed by atoms with Crippen LogP contribution < -0.4 is 0 Å². The van der Waals surface area contributed by atoms with Crippen LogP contribution in [-0.4, -0.2) is 25.7 Å². The third-order valence-corrected chi connectivity index (χ3v) is 4.77. The molecule has 0 N–H and O–H groups in total. The summed E-state index contributed by atoms with van der Waals surface area (Å²) in [5, 5.41) is 0. The standard InChI is InChI=1S/C9H19N2O6P2S/c1-7(2)5-9(17-18(20)10-12)8(3)16-6-19(14,11-13)15-4/h7-9H,5-6H2,1-4H3/q+1/t8?,9-,19?/m0/s1. The van der Waals surface area contributed by atoms with Crippen molar-refractivity contribution in [2.45, 2.75) is 39.4 Å². The Bertz CT molecular complexity index is 395. The normalized spacial score (nSPS) is 18.1. The van der Waals surface area contributed by atoms with Crippen molar-refractivity contribution in [3.63, 3.8) is 0 Å². The van der Waals surface area contributed by atoms with Gasteiger partial charge >= 0.3 is 14.6 Å². The lowest BCUT2D eigenvalue weighted by Crippen LogP contribution is -2.29. The molecule has 20 heavy (non-hydrogen) atoms. The number of ether oxygens (including phenoxy) is 1. The largest absolute Gasteiger partial charge is 0.537 e. The summed E-state index contributed by atoms with van der Waals surface area (Å²) in [6.45, 7) is 5.60. The number of hydrogen-bond acceptors (Lipinski definition) is 7. The number of hydrogen-bond donors (Lipinski definition) is 0. The van der Waals surface area contributed by atoms with Gasteiger partial charge in [0.05, 0.1) is 6.10 Å². The topological polar surface area (TPSA) is 104 Å². The maximum absolute atomic E-state index is 11.6. The lowest BCUT2D eigenvalue weighted by atomic mass is 10.0. The smallest absolute Gasteiger partial charge is 0.363 e. The molecule has 0 saturated heterocycles. The zero-order valence-electron chi connectivity index (χ0n) is 11.8. The molecule has 0 aliphatic rings. The molecule has 4 atom stereocenters. The first-order valence-electron chi connectivity index (χ1n) is 5.86. The fourth-order valence-electron chi connectivity index (χ4n) is 1.35. The third-order valence-electron chi connectivity index (χ3n) is 2.43. The van der Waals surface area contributed by atoms with Crippen LogP contribution in [0.3, 0.4) is 0 Å². The molecule has 0 fully saturated rings. The second-order valence-electron chi connectivity index (χ2n) is 4.50. The molecule has 8 nitrogen and oxygen atoms in total. The molecule has 0 radical (unpaired) electrons. The molecule has 116 valence electrons. The van der Waals surface area contributed by atoms with E-state index in [0.29, 0.717) is 6.42 Å². The second kappa shape index (κ2) is 9.71. The van der Waals surface area contributed by atoms with Crippen molar-refractivity contribution in [2.75, 3.05) is 13.5 Å². The Morgan fingerprint density at radius 3 is 2.30 bits per heavy atom. The van der Waals surface area contributed by atoms with E-state index in [9.17, 15) is 14.4 Å². The van der Waals surface area contributed by atoms with Crippen LogP contribution in [0.5, 0.6) is 0 Å². The van der Waals surface area contributed by atoms with Crippen molar-refractivity contribution < 1.29 is 18.3 Å². The summed E-state index contributed by atoms with van der Waals surface area (Å²) in [5.74, 6) is 0.273. The summed E-state index contributed by atoms with van der Waals surface area (Å²) in [4.78, 5) is 25.9. The van der Waals surface area contributed by atoms with Crippen LogP contribution in [0.15, 0.2) is 9.89 Å². The average Bonchev–Trinajstić information content (AvgIpc) is 2.42. The molecule has 0 aromatic heterocycles. The summed E-state index contributed by atoms with van der Waals surface area (Å²) in [7, 11) is -4.38. The number of nitroso groups, excluding NO2 is 2. The highest BCUT2D eigenvalue weighted by Crippen LogP contribution is 2.47. The van der Waals surface area contributed by atoms with E-state index < -0.39 is 33.2 Å².